The number of ether oxygens (including phenoxy) is 1. The fraction of sp³-hybridized carbons (Fsp3) is 0.373. The lowest BCUT2D eigenvalue weighted by molar-refractivity contribution is -0.136. The maximum atomic E-state index is 14.2. The second-order valence-electron chi connectivity index (χ2n) is 17.4. The van der Waals surface area contributed by atoms with E-state index in [2.05, 4.69) is 76.3 Å². The molecule has 0 saturated carbocycles. The summed E-state index contributed by atoms with van der Waals surface area (Å²) in [6.45, 7) is 5.23. The monoisotopic (exact) mass is 864 g/mol. The Balaban J connectivity index is 0.00000612. The predicted octanol–water partition coefficient (Wildman–Crippen LogP) is 8.17. The Labute approximate surface area is 376 Å². The quantitative estimate of drug-likeness (QED) is 0.108. The predicted molar refractivity (Wildman–Crippen MR) is 252 cm³/mol. The van der Waals surface area contributed by atoms with Crippen LogP contribution in [0.2, 0.25) is 0 Å². The van der Waals surface area contributed by atoms with E-state index in [1.807, 2.05) is 80.5 Å². The van der Waals surface area contributed by atoms with Crippen molar-refractivity contribution in [2.45, 2.75) is 77.5 Å². The molecule has 64 heavy (non-hydrogen) atoms. The molecule has 4 heterocycles. The molecule has 4 amide bonds. The van der Waals surface area contributed by atoms with Crippen LogP contribution in [-0.2, 0) is 19.1 Å². The summed E-state index contributed by atoms with van der Waals surface area (Å²) in [6, 6.07) is 29.1. The van der Waals surface area contributed by atoms with Crippen LogP contribution in [0.25, 0.3) is 38.7 Å². The Morgan fingerprint density at radius 3 is 2.09 bits per heavy atom. The number of nitrogens with zero attached hydrogens (tertiary/aromatic N) is 5. The Hall–Kier alpha value is -6.60. The average molecular weight is 865 g/mol. The van der Waals surface area contributed by atoms with Crippen LogP contribution in [0.1, 0.15) is 82.4 Å². The number of aromatic nitrogens is 2. The van der Waals surface area contributed by atoms with Gasteiger partial charge in [0.1, 0.15) is 17.9 Å². The minimum Gasteiger partial charge on any atom is -0.453 e. The van der Waals surface area contributed by atoms with Crippen molar-refractivity contribution in [3.63, 3.8) is 0 Å². The number of H-pyrrole nitrogens is 1. The maximum Gasteiger partial charge on any atom is 0.407 e. The number of methoxy groups -OCH3 is 1. The molecule has 0 aliphatic carbocycles. The van der Waals surface area contributed by atoms with E-state index in [0.717, 1.165) is 87.1 Å². The fourth-order valence-electron chi connectivity index (χ4n) is 9.11. The molecule has 0 spiro atoms. The van der Waals surface area contributed by atoms with E-state index in [0.29, 0.717) is 19.5 Å². The highest BCUT2D eigenvalue weighted by Crippen LogP contribution is 2.36. The Morgan fingerprint density at radius 1 is 0.797 bits per heavy atom. The molecule has 5 aromatic rings. The number of carbonyl (C=O) groups is 4. The van der Waals surface area contributed by atoms with E-state index in [1.165, 1.54) is 7.11 Å². The van der Waals surface area contributed by atoms with Gasteiger partial charge < -0.3 is 35.1 Å². The molecule has 8 rings (SSSR count). The third kappa shape index (κ3) is 9.79. The zero-order valence-corrected chi connectivity index (χ0v) is 36.6. The number of hydrogen-bond donors (Lipinski definition) is 3. The van der Waals surface area contributed by atoms with Gasteiger partial charge in [-0.3, -0.25) is 19.4 Å². The highest BCUT2D eigenvalue weighted by atomic mass is 16.5. The fourth-order valence-corrected chi connectivity index (χ4v) is 9.11. The summed E-state index contributed by atoms with van der Waals surface area (Å²) < 4.78 is 4.78. The normalized spacial score (nSPS) is 18.1. The molecule has 334 valence electrons. The molecule has 13 nitrogen and oxygen atoms in total. The molecule has 4 atom stereocenters. The van der Waals surface area contributed by atoms with Gasteiger partial charge in [0.2, 0.25) is 17.7 Å². The third-order valence-electron chi connectivity index (χ3n) is 12.4. The van der Waals surface area contributed by atoms with Crippen molar-refractivity contribution >= 4 is 45.9 Å². The standard InChI is InChI=1S/C50H56N8O5.CH4/c1-31(2)45(55-50(62)63-5)48(60)58-24-10-14-43(58)47-52-29-41(53-47)38-22-21-36-25-35(19-20-37(36)26-38)32-15-17-33(18-16-32)39-27-40(51-28-39)42-13-9-23-57(42)49(61)46(34-11-7-6-8-12-34)54-44(59)30-56(3)4;/h6-8,11-12,15-22,25-26,28-29,31,42-43,45-46H,9-10,13-14,23-24,27,30H2,1-5H3,(H,52,53)(H,54,59)(H,55,62);1H4/t42-,43-,45-,46+;/m0./s1. The van der Waals surface area contributed by atoms with Gasteiger partial charge in [0.25, 0.3) is 0 Å². The number of fused-ring (bicyclic) bond motifs is 1. The van der Waals surface area contributed by atoms with Crippen molar-refractivity contribution in [2.75, 3.05) is 40.8 Å². The van der Waals surface area contributed by atoms with E-state index < -0.39 is 18.2 Å². The minimum absolute atomic E-state index is 0. The smallest absolute Gasteiger partial charge is 0.407 e. The second-order valence-corrected chi connectivity index (χ2v) is 17.4. The summed E-state index contributed by atoms with van der Waals surface area (Å²) in [5, 5.41) is 7.92. The summed E-state index contributed by atoms with van der Waals surface area (Å²) in [6.07, 6.45) is 7.16. The lowest BCUT2D eigenvalue weighted by atomic mass is 9.95. The Bertz CT molecular complexity index is 2550. The molecule has 3 N–H and O–H groups in total. The van der Waals surface area contributed by atoms with Gasteiger partial charge in [-0.25, -0.2) is 9.78 Å². The number of rotatable bonds is 13. The SMILES string of the molecule is C.COC(=O)N[C@H](C(=O)N1CCC[C@H]1c1ncc(-c2ccc3cc(-c4ccc(C5=CN=C([C@@H]6CCCN6C(=O)[C@H](NC(=O)CN(C)C)c6ccccc6)C5)cc4)ccc3c2)[nH]1)C(C)C. The zero-order valence-electron chi connectivity index (χ0n) is 36.6. The van der Waals surface area contributed by atoms with E-state index in [9.17, 15) is 19.2 Å². The number of alkyl carbamates (subject to hydrolysis) is 1. The van der Waals surface area contributed by atoms with Crippen LogP contribution >= 0.6 is 0 Å². The number of likely N-dealkylation sites (N-methyl/N-ethyl adjacent to an activating group) is 1. The van der Waals surface area contributed by atoms with Gasteiger partial charge in [0, 0.05) is 37.0 Å². The molecular formula is C51H60N8O5. The van der Waals surface area contributed by atoms with Crippen molar-refractivity contribution < 1.29 is 23.9 Å². The minimum atomic E-state index is -0.764. The molecule has 0 bridgehead atoms. The first-order valence-electron chi connectivity index (χ1n) is 21.9. The van der Waals surface area contributed by atoms with Crippen LogP contribution in [-0.4, -0.2) is 107 Å². The summed E-state index contributed by atoms with van der Waals surface area (Å²) >= 11 is 0. The van der Waals surface area contributed by atoms with E-state index in [4.69, 9.17) is 14.7 Å². The van der Waals surface area contributed by atoms with E-state index >= 15 is 0 Å². The molecule has 3 aliphatic heterocycles. The second kappa shape index (κ2) is 19.8. The first kappa shape index (κ1) is 45.4. The van der Waals surface area contributed by atoms with Crippen LogP contribution in [0.5, 0.6) is 0 Å². The first-order valence-corrected chi connectivity index (χ1v) is 21.9. The summed E-state index contributed by atoms with van der Waals surface area (Å²) in [7, 11) is 4.96. The number of allylic oxidation sites excluding steroid dienone is 1. The number of aromatic amines is 1. The van der Waals surface area contributed by atoms with Gasteiger partial charge in [-0.05, 0) is 96.4 Å². The number of aliphatic imine (C=N–C) groups is 1. The van der Waals surface area contributed by atoms with Gasteiger partial charge in [-0.15, -0.1) is 0 Å². The molecule has 13 heteroatoms. The largest absolute Gasteiger partial charge is 0.453 e. The lowest BCUT2D eigenvalue weighted by Gasteiger charge is -2.30. The molecule has 0 radical (unpaired) electrons. The lowest BCUT2D eigenvalue weighted by Crippen LogP contribution is -2.51. The van der Waals surface area contributed by atoms with Gasteiger partial charge >= 0.3 is 6.09 Å². The summed E-state index contributed by atoms with van der Waals surface area (Å²) in [5.74, 6) is 0.195. The Kier molecular flexibility index (Phi) is 14.1. The number of nitrogens with one attached hydrogen (secondary N) is 3. The van der Waals surface area contributed by atoms with Crippen molar-refractivity contribution in [3.8, 4) is 22.4 Å². The van der Waals surface area contributed by atoms with Gasteiger partial charge in [0.15, 0.2) is 0 Å². The number of carbonyl (C=O) groups excluding carboxylic acids is 4. The van der Waals surface area contributed by atoms with Crippen LogP contribution < -0.4 is 10.6 Å². The molecular weight excluding hydrogens is 805 g/mol. The highest BCUT2D eigenvalue weighted by Gasteiger charge is 2.39. The number of imidazole rings is 1. The van der Waals surface area contributed by atoms with E-state index in [1.54, 1.807) is 4.90 Å². The van der Waals surface area contributed by atoms with Gasteiger partial charge in [-0.2, -0.15) is 0 Å². The molecule has 2 fully saturated rings. The van der Waals surface area contributed by atoms with Crippen molar-refractivity contribution in [3.05, 3.63) is 120 Å². The highest BCUT2D eigenvalue weighted by molar-refractivity contribution is 6.04. The number of hydrogen-bond acceptors (Lipinski definition) is 8. The number of amides is 4. The van der Waals surface area contributed by atoms with Crippen molar-refractivity contribution in [1.82, 2.24) is 35.3 Å². The molecule has 1 aromatic heterocycles. The zero-order chi connectivity index (χ0) is 44.2. The summed E-state index contributed by atoms with van der Waals surface area (Å²) in [5.41, 5.74) is 8.05. The molecule has 2 saturated heterocycles. The Morgan fingerprint density at radius 2 is 1.42 bits per heavy atom. The van der Waals surface area contributed by atoms with E-state index in [-0.39, 0.29) is 49.7 Å². The molecule has 0 unspecified atom stereocenters. The van der Waals surface area contributed by atoms with Crippen LogP contribution in [0.15, 0.2) is 108 Å². The topological polar surface area (TPSA) is 152 Å². The average Bonchev–Trinajstić information content (AvgIpc) is 4.14. The van der Waals surface area contributed by atoms with Crippen LogP contribution in [0.3, 0.4) is 0 Å². The summed E-state index contributed by atoms with van der Waals surface area (Å²) in [4.78, 5) is 71.2. The van der Waals surface area contributed by atoms with Gasteiger partial charge in [-0.1, -0.05) is 100 Å². The first-order chi connectivity index (χ1) is 30.5. The number of benzene rings is 4. The maximum absolute atomic E-state index is 14.2. The molecule has 3 aliphatic rings. The number of likely N-dealkylation sites (tertiary alicyclic amines) is 2. The molecule has 4 aromatic carbocycles. The van der Waals surface area contributed by atoms with Gasteiger partial charge in [0.05, 0.1) is 37.6 Å². The van der Waals surface area contributed by atoms with Crippen molar-refractivity contribution in [1.29, 1.82) is 0 Å². The third-order valence-corrected chi connectivity index (χ3v) is 12.4. The van der Waals surface area contributed by atoms with Crippen LogP contribution in [0, 0.1) is 5.92 Å². The van der Waals surface area contributed by atoms with Crippen molar-refractivity contribution in [2.24, 2.45) is 10.9 Å². The van der Waals surface area contributed by atoms with Crippen LogP contribution in [0.4, 0.5) is 4.79 Å².